The van der Waals surface area contributed by atoms with Crippen LogP contribution in [0.4, 0.5) is 0 Å². The minimum Gasteiger partial charge on any atom is -0.464 e. The summed E-state index contributed by atoms with van der Waals surface area (Å²) < 4.78 is 4.51. The van der Waals surface area contributed by atoms with Crippen LogP contribution in [0.5, 0.6) is 0 Å². The van der Waals surface area contributed by atoms with Crippen molar-refractivity contribution < 1.29 is 14.6 Å². The molecule has 0 amide bonds. The molecule has 1 aromatic rings. The summed E-state index contributed by atoms with van der Waals surface area (Å²) in [7, 11) is 1.31. The smallest absolute Gasteiger partial charge is 0.356 e. The maximum atomic E-state index is 11.0. The van der Waals surface area contributed by atoms with E-state index in [2.05, 4.69) is 14.7 Å². The van der Waals surface area contributed by atoms with Crippen molar-refractivity contribution in [1.82, 2.24) is 9.97 Å². The van der Waals surface area contributed by atoms with Gasteiger partial charge in [-0.1, -0.05) is 11.8 Å². The number of carbonyl (C=O) groups is 1. The van der Waals surface area contributed by atoms with Crippen LogP contribution in [0.15, 0.2) is 11.4 Å². The van der Waals surface area contributed by atoms with Gasteiger partial charge in [-0.25, -0.2) is 9.78 Å². The number of aliphatic hydroxyl groups is 1. The standard InChI is InChI=1S/C8H12N2O3S/c1-5(11)4-14-8-9-3-6(10-8)7(12)13-2/h3,5,11H,4H2,1-2H3,(H,9,10). The zero-order chi connectivity index (χ0) is 10.6. The van der Waals surface area contributed by atoms with Crippen LogP contribution in [0.2, 0.25) is 0 Å². The normalized spacial score (nSPS) is 12.5. The number of nitrogens with zero attached hydrogens (tertiary/aromatic N) is 1. The predicted molar refractivity (Wildman–Crippen MR) is 52.3 cm³/mol. The summed E-state index contributed by atoms with van der Waals surface area (Å²) in [5.74, 6) is 0.0927. The molecule has 0 aliphatic rings. The quantitative estimate of drug-likeness (QED) is 0.571. The van der Waals surface area contributed by atoms with Crippen molar-refractivity contribution in [2.75, 3.05) is 12.9 Å². The van der Waals surface area contributed by atoms with Crippen LogP contribution in [0.1, 0.15) is 17.4 Å². The van der Waals surface area contributed by atoms with Gasteiger partial charge in [-0.05, 0) is 6.92 Å². The molecule has 0 spiro atoms. The van der Waals surface area contributed by atoms with Crippen LogP contribution in [-0.2, 0) is 4.74 Å². The van der Waals surface area contributed by atoms with Gasteiger partial charge >= 0.3 is 5.97 Å². The topological polar surface area (TPSA) is 75.2 Å². The number of rotatable bonds is 4. The van der Waals surface area contributed by atoms with Crippen molar-refractivity contribution in [3.05, 3.63) is 11.9 Å². The molecule has 6 heteroatoms. The van der Waals surface area contributed by atoms with E-state index in [1.165, 1.54) is 25.1 Å². The Balaban J connectivity index is 2.55. The average Bonchev–Trinajstić information content (AvgIpc) is 2.62. The van der Waals surface area contributed by atoms with Crippen molar-refractivity contribution in [3.63, 3.8) is 0 Å². The van der Waals surface area contributed by atoms with Crippen LogP contribution >= 0.6 is 11.8 Å². The van der Waals surface area contributed by atoms with Crippen molar-refractivity contribution in [2.45, 2.75) is 18.2 Å². The number of nitrogens with one attached hydrogen (secondary N) is 1. The van der Waals surface area contributed by atoms with Crippen LogP contribution < -0.4 is 0 Å². The fourth-order valence-electron chi connectivity index (χ4n) is 0.790. The van der Waals surface area contributed by atoms with Gasteiger partial charge < -0.3 is 14.8 Å². The molecule has 0 saturated carbocycles. The highest BCUT2D eigenvalue weighted by molar-refractivity contribution is 7.99. The summed E-state index contributed by atoms with van der Waals surface area (Å²) in [6, 6.07) is 0. The van der Waals surface area contributed by atoms with Crippen molar-refractivity contribution in [1.29, 1.82) is 0 Å². The SMILES string of the molecule is COC(=O)c1cnc(SCC(C)O)[nH]1. The molecule has 0 aromatic carbocycles. The van der Waals surface area contributed by atoms with E-state index in [1.54, 1.807) is 6.92 Å². The lowest BCUT2D eigenvalue weighted by Gasteiger charge is -1.99. The van der Waals surface area contributed by atoms with E-state index in [9.17, 15) is 4.79 Å². The molecule has 1 atom stereocenters. The Labute approximate surface area is 85.9 Å². The predicted octanol–water partition coefficient (Wildman–Crippen LogP) is 0.669. The molecule has 0 aliphatic heterocycles. The largest absolute Gasteiger partial charge is 0.464 e. The van der Waals surface area contributed by atoms with Crippen LogP contribution in [0.25, 0.3) is 0 Å². The summed E-state index contributed by atoms with van der Waals surface area (Å²) in [6.45, 7) is 1.69. The molecule has 0 aliphatic carbocycles. The number of hydrogen-bond acceptors (Lipinski definition) is 5. The Hall–Kier alpha value is -1.01. The number of thioether (sulfide) groups is 1. The summed E-state index contributed by atoms with van der Waals surface area (Å²) in [4.78, 5) is 17.8. The highest BCUT2D eigenvalue weighted by atomic mass is 32.2. The first-order valence-electron chi connectivity index (χ1n) is 4.07. The van der Waals surface area contributed by atoms with E-state index < -0.39 is 12.1 Å². The monoisotopic (exact) mass is 216 g/mol. The molecule has 78 valence electrons. The number of methoxy groups -OCH3 is 1. The fraction of sp³-hybridized carbons (Fsp3) is 0.500. The number of hydrogen-bond donors (Lipinski definition) is 2. The fourth-order valence-corrected chi connectivity index (χ4v) is 1.50. The molecule has 1 unspecified atom stereocenters. The van der Waals surface area contributed by atoms with Crippen LogP contribution in [0, 0.1) is 0 Å². The second kappa shape index (κ2) is 5.02. The third-order valence-electron chi connectivity index (χ3n) is 1.42. The van der Waals surface area contributed by atoms with Gasteiger partial charge in [-0.15, -0.1) is 0 Å². The highest BCUT2D eigenvalue weighted by Gasteiger charge is 2.09. The Bertz CT molecular complexity index is 311. The Morgan fingerprint density at radius 1 is 1.86 bits per heavy atom. The van der Waals surface area contributed by atoms with Crippen LogP contribution in [-0.4, -0.2) is 40.0 Å². The molecule has 1 rings (SSSR count). The number of ether oxygens (including phenoxy) is 1. The van der Waals surface area contributed by atoms with Crippen molar-refractivity contribution in [2.24, 2.45) is 0 Å². The van der Waals surface area contributed by atoms with Crippen molar-refractivity contribution >= 4 is 17.7 Å². The number of esters is 1. The minimum atomic E-state index is -0.443. The Morgan fingerprint density at radius 2 is 2.57 bits per heavy atom. The molecule has 0 bridgehead atoms. The lowest BCUT2D eigenvalue weighted by Crippen LogP contribution is -2.03. The Kier molecular flexibility index (Phi) is 3.97. The van der Waals surface area contributed by atoms with Gasteiger partial charge in [-0.3, -0.25) is 0 Å². The third-order valence-corrected chi connectivity index (χ3v) is 2.55. The van der Waals surface area contributed by atoms with Gasteiger partial charge in [0.1, 0.15) is 5.69 Å². The van der Waals surface area contributed by atoms with E-state index in [4.69, 9.17) is 5.11 Å². The molecule has 14 heavy (non-hydrogen) atoms. The van der Waals surface area contributed by atoms with E-state index in [1.807, 2.05) is 0 Å². The zero-order valence-corrected chi connectivity index (χ0v) is 8.80. The van der Waals surface area contributed by atoms with Gasteiger partial charge in [0, 0.05) is 5.75 Å². The number of aliphatic hydroxyl groups excluding tert-OH is 1. The molecule has 0 saturated heterocycles. The molecule has 1 aromatic heterocycles. The number of aromatic amines is 1. The lowest BCUT2D eigenvalue weighted by atomic mass is 10.5. The van der Waals surface area contributed by atoms with Gasteiger partial charge in [0.15, 0.2) is 5.16 Å². The first kappa shape index (κ1) is 11.1. The summed E-state index contributed by atoms with van der Waals surface area (Å²) >= 11 is 1.35. The van der Waals surface area contributed by atoms with Gasteiger partial charge in [-0.2, -0.15) is 0 Å². The molecule has 0 radical (unpaired) electrons. The molecule has 1 heterocycles. The number of imidazole rings is 1. The number of aromatic nitrogens is 2. The summed E-state index contributed by atoms with van der Waals surface area (Å²) in [5.41, 5.74) is 0.320. The lowest BCUT2D eigenvalue weighted by molar-refractivity contribution is 0.0594. The third kappa shape index (κ3) is 3.04. The van der Waals surface area contributed by atoms with Gasteiger partial charge in [0.2, 0.25) is 0 Å². The molecule has 0 fully saturated rings. The maximum absolute atomic E-state index is 11.0. The minimum absolute atomic E-state index is 0.320. The van der Waals surface area contributed by atoms with Gasteiger partial charge in [0.25, 0.3) is 0 Å². The zero-order valence-electron chi connectivity index (χ0n) is 7.98. The van der Waals surface area contributed by atoms with E-state index in [0.717, 1.165) is 0 Å². The highest BCUT2D eigenvalue weighted by Crippen LogP contribution is 2.14. The van der Waals surface area contributed by atoms with E-state index in [-0.39, 0.29) is 0 Å². The number of carbonyl (C=O) groups excluding carboxylic acids is 1. The average molecular weight is 216 g/mol. The van der Waals surface area contributed by atoms with Crippen molar-refractivity contribution in [3.8, 4) is 0 Å². The Morgan fingerprint density at radius 3 is 3.14 bits per heavy atom. The maximum Gasteiger partial charge on any atom is 0.356 e. The second-order valence-electron chi connectivity index (χ2n) is 2.75. The first-order chi connectivity index (χ1) is 6.63. The van der Waals surface area contributed by atoms with Crippen LogP contribution in [0.3, 0.4) is 0 Å². The van der Waals surface area contributed by atoms with E-state index >= 15 is 0 Å². The van der Waals surface area contributed by atoms with Gasteiger partial charge in [0.05, 0.1) is 19.4 Å². The summed E-state index contributed by atoms with van der Waals surface area (Å²) in [6.07, 6.45) is 1.02. The molecular weight excluding hydrogens is 204 g/mol. The van der Waals surface area contributed by atoms with E-state index in [0.29, 0.717) is 16.6 Å². The molecular formula is C8H12N2O3S. The summed E-state index contributed by atoms with van der Waals surface area (Å²) in [5, 5.41) is 9.62. The molecule has 5 nitrogen and oxygen atoms in total. The number of H-pyrrole nitrogens is 1. The second-order valence-corrected chi connectivity index (χ2v) is 3.76. The first-order valence-corrected chi connectivity index (χ1v) is 5.06. The molecule has 2 N–H and O–H groups in total.